The third kappa shape index (κ3) is 5.36. The third-order valence-corrected chi connectivity index (χ3v) is 5.40. The smallest absolute Gasteiger partial charge is 0.231 e. The van der Waals surface area contributed by atoms with Crippen LogP contribution in [0.5, 0.6) is 0 Å². The number of anilines is 1. The Morgan fingerprint density at radius 2 is 1.93 bits per heavy atom. The SMILES string of the molecule is O=C(Cc1nc(Sc2ncn[nH]2)cnc1Sc1ccc(F)cc1)Nc1cnccn1. The van der Waals surface area contributed by atoms with Gasteiger partial charge in [0.25, 0.3) is 0 Å². The number of nitrogens with one attached hydrogen (secondary N) is 2. The van der Waals surface area contributed by atoms with E-state index < -0.39 is 0 Å². The highest BCUT2D eigenvalue weighted by Gasteiger charge is 2.15. The molecule has 1 aromatic carbocycles. The van der Waals surface area contributed by atoms with Gasteiger partial charge in [0, 0.05) is 17.3 Å². The summed E-state index contributed by atoms with van der Waals surface area (Å²) < 4.78 is 13.2. The number of hydrogen-bond acceptors (Lipinski definition) is 9. The summed E-state index contributed by atoms with van der Waals surface area (Å²) in [4.78, 5) is 34.3. The largest absolute Gasteiger partial charge is 0.309 e. The minimum absolute atomic E-state index is 0.0299. The van der Waals surface area contributed by atoms with Crippen LogP contribution in [0.4, 0.5) is 10.2 Å². The van der Waals surface area contributed by atoms with Crippen molar-refractivity contribution in [2.45, 2.75) is 26.5 Å². The zero-order valence-corrected chi connectivity index (χ0v) is 16.8. The van der Waals surface area contributed by atoms with E-state index in [-0.39, 0.29) is 18.1 Å². The van der Waals surface area contributed by atoms with Gasteiger partial charge in [0.2, 0.25) is 5.91 Å². The van der Waals surface area contributed by atoms with Crippen LogP contribution >= 0.6 is 23.5 Å². The molecule has 0 radical (unpaired) electrons. The predicted molar refractivity (Wildman–Crippen MR) is 107 cm³/mol. The van der Waals surface area contributed by atoms with E-state index in [4.69, 9.17) is 0 Å². The molecule has 0 spiro atoms. The summed E-state index contributed by atoms with van der Waals surface area (Å²) in [6.07, 6.45) is 7.40. The van der Waals surface area contributed by atoms with Gasteiger partial charge in [0.15, 0.2) is 11.0 Å². The molecule has 0 bridgehead atoms. The van der Waals surface area contributed by atoms with Gasteiger partial charge in [-0.2, -0.15) is 5.10 Å². The Labute approximate surface area is 178 Å². The Morgan fingerprint density at radius 1 is 1.07 bits per heavy atom. The van der Waals surface area contributed by atoms with Gasteiger partial charge in [-0.1, -0.05) is 11.8 Å². The van der Waals surface area contributed by atoms with Crippen LogP contribution in [0.25, 0.3) is 0 Å². The molecular formula is C18H13FN8OS2. The lowest BCUT2D eigenvalue weighted by Crippen LogP contribution is -2.17. The number of aromatic amines is 1. The molecule has 0 fully saturated rings. The Kier molecular flexibility index (Phi) is 6.25. The van der Waals surface area contributed by atoms with E-state index in [1.165, 1.54) is 60.6 Å². The number of aromatic nitrogens is 7. The number of H-pyrrole nitrogens is 1. The highest BCUT2D eigenvalue weighted by Crippen LogP contribution is 2.31. The molecule has 3 heterocycles. The summed E-state index contributed by atoms with van der Waals surface area (Å²) in [7, 11) is 0. The van der Waals surface area contributed by atoms with Gasteiger partial charge in [-0.15, -0.1) is 0 Å². The van der Waals surface area contributed by atoms with Gasteiger partial charge in [-0.3, -0.25) is 14.9 Å². The average Bonchev–Trinajstić information content (AvgIpc) is 3.25. The topological polar surface area (TPSA) is 122 Å². The summed E-state index contributed by atoms with van der Waals surface area (Å²) >= 11 is 2.54. The quantitative estimate of drug-likeness (QED) is 0.446. The minimum atomic E-state index is -0.326. The van der Waals surface area contributed by atoms with E-state index in [2.05, 4.69) is 40.4 Å². The average molecular weight is 440 g/mol. The summed E-state index contributed by atoms with van der Waals surface area (Å²) in [5.41, 5.74) is 0.468. The van der Waals surface area contributed by atoms with Crippen molar-refractivity contribution in [3.63, 3.8) is 0 Å². The summed E-state index contributed by atoms with van der Waals surface area (Å²) in [6, 6.07) is 6.01. The first-order chi connectivity index (χ1) is 14.7. The van der Waals surface area contributed by atoms with Crippen LogP contribution in [0, 0.1) is 5.82 Å². The molecule has 3 aromatic heterocycles. The molecule has 150 valence electrons. The van der Waals surface area contributed by atoms with Crippen molar-refractivity contribution in [3.8, 4) is 0 Å². The van der Waals surface area contributed by atoms with Crippen LogP contribution in [0.3, 0.4) is 0 Å². The number of carbonyl (C=O) groups is 1. The normalized spacial score (nSPS) is 10.7. The number of rotatable bonds is 7. The molecule has 4 aromatic rings. The van der Waals surface area contributed by atoms with E-state index >= 15 is 0 Å². The van der Waals surface area contributed by atoms with E-state index in [1.54, 1.807) is 18.3 Å². The first kappa shape index (κ1) is 19.9. The maximum absolute atomic E-state index is 13.2. The molecule has 2 N–H and O–H groups in total. The van der Waals surface area contributed by atoms with Crippen molar-refractivity contribution in [1.82, 2.24) is 35.1 Å². The van der Waals surface area contributed by atoms with Crippen molar-refractivity contribution in [3.05, 3.63) is 66.9 Å². The highest BCUT2D eigenvalue weighted by molar-refractivity contribution is 7.99. The number of carbonyl (C=O) groups excluding carboxylic acids is 1. The van der Waals surface area contributed by atoms with Gasteiger partial charge in [0.1, 0.15) is 22.2 Å². The Morgan fingerprint density at radius 3 is 2.67 bits per heavy atom. The monoisotopic (exact) mass is 440 g/mol. The lowest BCUT2D eigenvalue weighted by molar-refractivity contribution is -0.115. The van der Waals surface area contributed by atoms with Gasteiger partial charge >= 0.3 is 0 Å². The summed E-state index contributed by atoms with van der Waals surface area (Å²) in [6.45, 7) is 0. The third-order valence-electron chi connectivity index (χ3n) is 3.57. The van der Waals surface area contributed by atoms with Crippen LogP contribution < -0.4 is 5.32 Å². The predicted octanol–water partition coefficient (Wildman–Crippen LogP) is 3.01. The number of nitrogens with zero attached hydrogens (tertiary/aromatic N) is 6. The minimum Gasteiger partial charge on any atom is -0.309 e. The second kappa shape index (κ2) is 9.41. The Balaban J connectivity index is 1.57. The molecule has 0 saturated carbocycles. The first-order valence-corrected chi connectivity index (χ1v) is 10.2. The van der Waals surface area contributed by atoms with Crippen LogP contribution in [-0.2, 0) is 11.2 Å². The second-order valence-corrected chi connectivity index (χ2v) is 7.80. The van der Waals surface area contributed by atoms with Crippen molar-refractivity contribution in [2.24, 2.45) is 0 Å². The molecular weight excluding hydrogens is 427 g/mol. The fourth-order valence-electron chi connectivity index (χ4n) is 2.31. The van der Waals surface area contributed by atoms with E-state index in [0.29, 0.717) is 26.7 Å². The number of amides is 1. The van der Waals surface area contributed by atoms with E-state index in [9.17, 15) is 9.18 Å². The van der Waals surface area contributed by atoms with Crippen LogP contribution in [0.2, 0.25) is 0 Å². The summed E-state index contributed by atoms with van der Waals surface area (Å²) in [5, 5.41) is 10.9. The van der Waals surface area contributed by atoms with Gasteiger partial charge < -0.3 is 5.32 Å². The molecule has 0 aliphatic rings. The molecule has 0 atom stereocenters. The maximum atomic E-state index is 13.2. The summed E-state index contributed by atoms with van der Waals surface area (Å²) in [5.74, 6) is -0.296. The van der Waals surface area contributed by atoms with Crippen molar-refractivity contribution < 1.29 is 9.18 Å². The number of benzene rings is 1. The molecule has 1 amide bonds. The Hall–Kier alpha value is -3.38. The molecule has 4 rings (SSSR count). The van der Waals surface area contributed by atoms with Crippen LogP contribution in [0.1, 0.15) is 5.69 Å². The molecule has 30 heavy (non-hydrogen) atoms. The molecule has 12 heteroatoms. The van der Waals surface area contributed by atoms with Crippen LogP contribution in [-0.4, -0.2) is 41.0 Å². The lowest BCUT2D eigenvalue weighted by Gasteiger charge is -2.09. The zero-order chi connectivity index (χ0) is 20.8. The molecule has 0 aliphatic carbocycles. The molecule has 0 aliphatic heterocycles. The fraction of sp³-hybridized carbons (Fsp3) is 0.0556. The Bertz CT molecular complexity index is 1130. The fourth-order valence-corrected chi connectivity index (χ4v) is 3.80. The lowest BCUT2D eigenvalue weighted by atomic mass is 10.3. The number of halogens is 1. The van der Waals surface area contributed by atoms with Gasteiger partial charge in [0.05, 0.1) is 24.5 Å². The van der Waals surface area contributed by atoms with Gasteiger partial charge in [-0.05, 0) is 36.0 Å². The van der Waals surface area contributed by atoms with Crippen molar-refractivity contribution in [1.29, 1.82) is 0 Å². The van der Waals surface area contributed by atoms with Crippen LogP contribution in [0.15, 0.2) is 75.5 Å². The standard InChI is InChI=1S/C18H13FN8OS2/c19-11-1-3-12(4-2-11)29-17-13(7-15(28)26-14-8-20-5-6-21-14)25-16(9-22-17)30-18-23-10-24-27-18/h1-6,8-10H,7H2,(H,21,26,28)(H,23,24,27). The van der Waals surface area contributed by atoms with Gasteiger partial charge in [-0.25, -0.2) is 24.3 Å². The van der Waals surface area contributed by atoms with E-state index in [0.717, 1.165) is 4.90 Å². The second-order valence-electron chi connectivity index (χ2n) is 5.72. The van der Waals surface area contributed by atoms with Crippen molar-refractivity contribution in [2.75, 3.05) is 5.32 Å². The first-order valence-electron chi connectivity index (χ1n) is 8.54. The zero-order valence-electron chi connectivity index (χ0n) is 15.2. The molecule has 0 saturated heterocycles. The number of hydrogen-bond donors (Lipinski definition) is 2. The van der Waals surface area contributed by atoms with Crippen molar-refractivity contribution >= 4 is 35.2 Å². The van der Waals surface area contributed by atoms with E-state index in [1.807, 2.05) is 0 Å². The molecule has 9 nitrogen and oxygen atoms in total. The highest BCUT2D eigenvalue weighted by atomic mass is 32.2. The maximum Gasteiger partial charge on any atom is 0.231 e. The molecule has 0 unspecified atom stereocenters.